The molecule has 1 heterocycles. The van der Waals surface area contributed by atoms with Crippen LogP contribution in [0, 0.1) is 11.3 Å². The van der Waals surface area contributed by atoms with Crippen molar-refractivity contribution in [3.05, 3.63) is 23.9 Å². The SMILES string of the molecule is CN(CC(=O)O)c1ncccc1C#N. The van der Waals surface area contributed by atoms with Crippen LogP contribution in [0.15, 0.2) is 18.3 Å². The first-order chi connectivity index (χ1) is 6.65. The molecule has 0 amide bonds. The summed E-state index contributed by atoms with van der Waals surface area (Å²) in [6.45, 7) is -0.175. The molecule has 1 rings (SSSR count). The molecule has 0 spiro atoms. The normalized spacial score (nSPS) is 9.14. The van der Waals surface area contributed by atoms with Crippen LogP contribution in [0.25, 0.3) is 0 Å². The molecule has 1 aromatic rings. The highest BCUT2D eigenvalue weighted by atomic mass is 16.4. The highest BCUT2D eigenvalue weighted by molar-refractivity contribution is 5.73. The van der Waals surface area contributed by atoms with Crippen LogP contribution in [0.3, 0.4) is 0 Å². The third kappa shape index (κ3) is 2.20. The van der Waals surface area contributed by atoms with E-state index in [0.29, 0.717) is 11.4 Å². The van der Waals surface area contributed by atoms with Gasteiger partial charge in [0, 0.05) is 13.2 Å². The lowest BCUT2D eigenvalue weighted by Gasteiger charge is -2.15. The topological polar surface area (TPSA) is 77.2 Å². The molecule has 1 aromatic heterocycles. The van der Waals surface area contributed by atoms with E-state index in [-0.39, 0.29) is 6.54 Å². The number of aliphatic carboxylic acids is 1. The molecule has 0 aliphatic carbocycles. The van der Waals surface area contributed by atoms with Crippen molar-refractivity contribution in [3.63, 3.8) is 0 Å². The predicted octanol–water partition coefficient (Wildman–Crippen LogP) is 0.474. The van der Waals surface area contributed by atoms with E-state index in [2.05, 4.69) is 4.98 Å². The Kier molecular flexibility index (Phi) is 3.02. The third-order valence-corrected chi connectivity index (χ3v) is 1.64. The van der Waals surface area contributed by atoms with Crippen LogP contribution in [0.5, 0.6) is 0 Å². The maximum Gasteiger partial charge on any atom is 0.323 e. The number of hydrogen-bond acceptors (Lipinski definition) is 4. The van der Waals surface area contributed by atoms with Crippen LogP contribution in [0.4, 0.5) is 5.82 Å². The maximum atomic E-state index is 10.4. The summed E-state index contributed by atoms with van der Waals surface area (Å²) < 4.78 is 0. The van der Waals surface area contributed by atoms with Gasteiger partial charge in [0.15, 0.2) is 0 Å². The number of hydrogen-bond donors (Lipinski definition) is 1. The van der Waals surface area contributed by atoms with E-state index in [1.807, 2.05) is 6.07 Å². The molecule has 5 nitrogen and oxygen atoms in total. The van der Waals surface area contributed by atoms with Gasteiger partial charge >= 0.3 is 5.97 Å². The number of carbonyl (C=O) groups is 1. The van der Waals surface area contributed by atoms with Crippen molar-refractivity contribution >= 4 is 11.8 Å². The molecule has 0 aromatic carbocycles. The van der Waals surface area contributed by atoms with Gasteiger partial charge in [0.25, 0.3) is 0 Å². The molecule has 0 saturated heterocycles. The summed E-state index contributed by atoms with van der Waals surface area (Å²) in [5.74, 6) is -0.570. The molecule has 0 aliphatic rings. The molecule has 0 bridgehead atoms. The van der Waals surface area contributed by atoms with Crippen LogP contribution in [-0.2, 0) is 4.79 Å². The minimum Gasteiger partial charge on any atom is -0.480 e. The Morgan fingerprint density at radius 2 is 2.50 bits per heavy atom. The summed E-state index contributed by atoms with van der Waals surface area (Å²) in [7, 11) is 1.58. The Balaban J connectivity index is 2.95. The molecular weight excluding hydrogens is 182 g/mol. The van der Waals surface area contributed by atoms with E-state index >= 15 is 0 Å². The summed E-state index contributed by atoms with van der Waals surface area (Å²) in [5.41, 5.74) is 0.372. The molecule has 5 heteroatoms. The second kappa shape index (κ2) is 4.23. The first kappa shape index (κ1) is 9.99. The average Bonchev–Trinajstić information content (AvgIpc) is 2.16. The smallest absolute Gasteiger partial charge is 0.323 e. The Morgan fingerprint density at radius 3 is 3.07 bits per heavy atom. The number of likely N-dealkylation sites (N-methyl/N-ethyl adjacent to an activating group) is 1. The fourth-order valence-electron chi connectivity index (χ4n) is 1.07. The van der Waals surface area contributed by atoms with Crippen molar-refractivity contribution in [2.75, 3.05) is 18.5 Å². The number of aromatic nitrogens is 1. The second-order valence-electron chi connectivity index (χ2n) is 2.74. The number of rotatable bonds is 3. The molecule has 0 aliphatic heterocycles. The van der Waals surface area contributed by atoms with Crippen molar-refractivity contribution in [1.82, 2.24) is 4.98 Å². The maximum absolute atomic E-state index is 10.4. The van der Waals surface area contributed by atoms with Gasteiger partial charge in [0.1, 0.15) is 18.4 Å². The summed E-state index contributed by atoms with van der Waals surface area (Å²) in [6, 6.07) is 5.19. The number of nitriles is 1. The zero-order chi connectivity index (χ0) is 10.6. The number of anilines is 1. The van der Waals surface area contributed by atoms with Crippen LogP contribution < -0.4 is 4.90 Å². The lowest BCUT2D eigenvalue weighted by Crippen LogP contribution is -2.26. The van der Waals surface area contributed by atoms with E-state index in [4.69, 9.17) is 10.4 Å². The first-order valence-corrected chi connectivity index (χ1v) is 3.93. The lowest BCUT2D eigenvalue weighted by molar-refractivity contribution is -0.135. The Bertz CT molecular complexity index is 384. The number of carboxylic acids is 1. The molecule has 0 radical (unpaired) electrons. The van der Waals surface area contributed by atoms with E-state index in [1.165, 1.54) is 11.1 Å². The molecule has 14 heavy (non-hydrogen) atoms. The highest BCUT2D eigenvalue weighted by Gasteiger charge is 2.10. The molecule has 0 saturated carbocycles. The Labute approximate surface area is 81.2 Å². The minimum absolute atomic E-state index is 0.175. The fraction of sp³-hybridized carbons (Fsp3) is 0.222. The summed E-state index contributed by atoms with van der Waals surface area (Å²) in [4.78, 5) is 15.8. The zero-order valence-electron chi connectivity index (χ0n) is 7.64. The molecule has 72 valence electrons. The predicted molar refractivity (Wildman–Crippen MR) is 49.9 cm³/mol. The number of nitrogens with zero attached hydrogens (tertiary/aromatic N) is 3. The third-order valence-electron chi connectivity index (χ3n) is 1.64. The van der Waals surface area contributed by atoms with Crippen LogP contribution in [-0.4, -0.2) is 29.7 Å². The quantitative estimate of drug-likeness (QED) is 0.751. The average molecular weight is 191 g/mol. The van der Waals surface area contributed by atoms with Gasteiger partial charge in [0.05, 0.1) is 5.56 Å². The van der Waals surface area contributed by atoms with Gasteiger partial charge in [-0.15, -0.1) is 0 Å². The second-order valence-corrected chi connectivity index (χ2v) is 2.74. The van der Waals surface area contributed by atoms with Crippen molar-refractivity contribution in [1.29, 1.82) is 5.26 Å². The Morgan fingerprint density at radius 1 is 1.79 bits per heavy atom. The standard InChI is InChI=1S/C9H9N3O2/c1-12(6-8(13)14)9-7(5-10)3-2-4-11-9/h2-4H,6H2,1H3,(H,13,14). The molecular formula is C9H9N3O2. The van der Waals surface area contributed by atoms with Gasteiger partial charge in [0.2, 0.25) is 0 Å². The van der Waals surface area contributed by atoms with Gasteiger partial charge < -0.3 is 10.0 Å². The zero-order valence-corrected chi connectivity index (χ0v) is 7.64. The van der Waals surface area contributed by atoms with Crippen molar-refractivity contribution in [2.45, 2.75) is 0 Å². The molecule has 1 N–H and O–H groups in total. The van der Waals surface area contributed by atoms with Gasteiger partial charge in [-0.2, -0.15) is 5.26 Å². The minimum atomic E-state index is -0.956. The van der Waals surface area contributed by atoms with Gasteiger partial charge in [-0.05, 0) is 12.1 Å². The van der Waals surface area contributed by atoms with E-state index < -0.39 is 5.97 Å². The number of pyridine rings is 1. The molecule has 0 unspecified atom stereocenters. The Hall–Kier alpha value is -2.09. The van der Waals surface area contributed by atoms with Gasteiger partial charge in [-0.3, -0.25) is 4.79 Å². The van der Waals surface area contributed by atoms with E-state index in [1.54, 1.807) is 19.2 Å². The lowest BCUT2D eigenvalue weighted by atomic mass is 10.2. The summed E-state index contributed by atoms with van der Waals surface area (Å²) in [6.07, 6.45) is 1.52. The monoisotopic (exact) mass is 191 g/mol. The number of carboxylic acid groups (broad SMARTS) is 1. The van der Waals surface area contributed by atoms with E-state index in [0.717, 1.165) is 0 Å². The van der Waals surface area contributed by atoms with Crippen LogP contribution >= 0.6 is 0 Å². The molecule has 0 atom stereocenters. The first-order valence-electron chi connectivity index (χ1n) is 3.93. The summed E-state index contributed by atoms with van der Waals surface area (Å²) >= 11 is 0. The molecule has 0 fully saturated rings. The van der Waals surface area contributed by atoms with Crippen LogP contribution in [0.1, 0.15) is 5.56 Å². The summed E-state index contributed by atoms with van der Waals surface area (Å²) in [5, 5.41) is 17.3. The highest BCUT2D eigenvalue weighted by Crippen LogP contribution is 2.13. The van der Waals surface area contributed by atoms with Gasteiger partial charge in [-0.25, -0.2) is 4.98 Å². The van der Waals surface area contributed by atoms with Crippen molar-refractivity contribution in [3.8, 4) is 6.07 Å². The largest absolute Gasteiger partial charge is 0.480 e. The fourth-order valence-corrected chi connectivity index (χ4v) is 1.07. The van der Waals surface area contributed by atoms with E-state index in [9.17, 15) is 4.79 Å². The van der Waals surface area contributed by atoms with Crippen molar-refractivity contribution in [2.24, 2.45) is 0 Å². The van der Waals surface area contributed by atoms with Crippen LogP contribution in [0.2, 0.25) is 0 Å². The van der Waals surface area contributed by atoms with Crippen molar-refractivity contribution < 1.29 is 9.90 Å². The van der Waals surface area contributed by atoms with Gasteiger partial charge in [-0.1, -0.05) is 0 Å².